The molecule has 1 aliphatic carbocycles. The van der Waals surface area contributed by atoms with Gasteiger partial charge in [-0.1, -0.05) is 11.6 Å². The van der Waals surface area contributed by atoms with Crippen molar-refractivity contribution in [3.8, 4) is 0 Å². The highest BCUT2D eigenvalue weighted by Crippen LogP contribution is 2.44. The molecule has 0 spiro atoms. The lowest BCUT2D eigenvalue weighted by molar-refractivity contribution is 0.0778. The van der Waals surface area contributed by atoms with Crippen LogP contribution in [0.25, 0.3) is 0 Å². The summed E-state index contributed by atoms with van der Waals surface area (Å²) in [6.45, 7) is 9.56. The molecule has 142 valence electrons. The van der Waals surface area contributed by atoms with Gasteiger partial charge < -0.3 is 19.9 Å². The predicted octanol–water partition coefficient (Wildman–Crippen LogP) is 2.99. The SMILES string of the molecule is CCNC(=NCC1(CCOC)CCC1)NCCCc1c(C)noc1C. The van der Waals surface area contributed by atoms with Crippen LogP contribution in [0, 0.1) is 19.3 Å². The van der Waals surface area contributed by atoms with Crippen molar-refractivity contribution in [1.82, 2.24) is 15.8 Å². The third-order valence-electron chi connectivity index (χ3n) is 5.24. The lowest BCUT2D eigenvalue weighted by Crippen LogP contribution is -2.40. The molecule has 1 aliphatic rings. The normalized spacial score (nSPS) is 16.6. The summed E-state index contributed by atoms with van der Waals surface area (Å²) < 4.78 is 10.5. The maximum atomic E-state index is 5.27. The average molecular weight is 351 g/mol. The second kappa shape index (κ2) is 9.80. The number of aryl methyl sites for hydroxylation is 2. The molecule has 1 fully saturated rings. The van der Waals surface area contributed by atoms with Crippen LogP contribution in [0.15, 0.2) is 9.52 Å². The molecular formula is C19H34N4O2. The van der Waals surface area contributed by atoms with E-state index in [-0.39, 0.29) is 0 Å². The molecule has 6 nitrogen and oxygen atoms in total. The molecule has 6 heteroatoms. The van der Waals surface area contributed by atoms with Crippen LogP contribution in [-0.2, 0) is 11.2 Å². The van der Waals surface area contributed by atoms with Crippen molar-refractivity contribution in [3.05, 3.63) is 17.0 Å². The Morgan fingerprint density at radius 1 is 1.32 bits per heavy atom. The molecule has 0 atom stereocenters. The van der Waals surface area contributed by atoms with E-state index in [9.17, 15) is 0 Å². The van der Waals surface area contributed by atoms with E-state index in [4.69, 9.17) is 14.3 Å². The summed E-state index contributed by atoms with van der Waals surface area (Å²) in [5.74, 6) is 1.85. The lowest BCUT2D eigenvalue weighted by Gasteiger charge is -2.40. The van der Waals surface area contributed by atoms with Gasteiger partial charge in [-0.2, -0.15) is 0 Å². The number of ether oxygens (including phenoxy) is 1. The van der Waals surface area contributed by atoms with Gasteiger partial charge in [-0.3, -0.25) is 4.99 Å². The van der Waals surface area contributed by atoms with Crippen LogP contribution in [0.3, 0.4) is 0 Å². The minimum absolute atomic E-state index is 0.356. The van der Waals surface area contributed by atoms with E-state index in [0.717, 1.165) is 62.9 Å². The van der Waals surface area contributed by atoms with E-state index < -0.39 is 0 Å². The van der Waals surface area contributed by atoms with Gasteiger partial charge in [-0.05, 0) is 58.3 Å². The first-order valence-corrected chi connectivity index (χ1v) is 9.53. The molecule has 2 N–H and O–H groups in total. The van der Waals surface area contributed by atoms with Gasteiger partial charge in [0.25, 0.3) is 0 Å². The van der Waals surface area contributed by atoms with E-state index in [1.165, 1.54) is 24.8 Å². The maximum Gasteiger partial charge on any atom is 0.191 e. The fourth-order valence-electron chi connectivity index (χ4n) is 3.40. The topological polar surface area (TPSA) is 71.7 Å². The Labute approximate surface area is 151 Å². The first-order valence-electron chi connectivity index (χ1n) is 9.53. The Bertz CT molecular complexity index is 530. The van der Waals surface area contributed by atoms with E-state index in [1.54, 1.807) is 7.11 Å². The highest BCUT2D eigenvalue weighted by Gasteiger charge is 2.36. The van der Waals surface area contributed by atoms with Crippen molar-refractivity contribution >= 4 is 5.96 Å². The Balaban J connectivity index is 1.79. The zero-order valence-electron chi connectivity index (χ0n) is 16.3. The van der Waals surface area contributed by atoms with Crippen molar-refractivity contribution in [3.63, 3.8) is 0 Å². The van der Waals surface area contributed by atoms with Crippen LogP contribution in [-0.4, -0.2) is 44.5 Å². The zero-order valence-corrected chi connectivity index (χ0v) is 16.3. The van der Waals surface area contributed by atoms with Gasteiger partial charge in [0.15, 0.2) is 5.96 Å². The Kier molecular flexibility index (Phi) is 7.75. The van der Waals surface area contributed by atoms with Crippen LogP contribution in [0.4, 0.5) is 0 Å². The fraction of sp³-hybridized carbons (Fsp3) is 0.789. The molecule has 0 radical (unpaired) electrons. The number of methoxy groups -OCH3 is 1. The quantitative estimate of drug-likeness (QED) is 0.386. The molecule has 0 bridgehead atoms. The summed E-state index contributed by atoms with van der Waals surface area (Å²) in [4.78, 5) is 4.84. The average Bonchev–Trinajstić information content (AvgIpc) is 2.88. The van der Waals surface area contributed by atoms with Gasteiger partial charge in [0.1, 0.15) is 5.76 Å². The summed E-state index contributed by atoms with van der Waals surface area (Å²) in [5, 5.41) is 10.8. The molecule has 2 rings (SSSR count). The second-order valence-corrected chi connectivity index (χ2v) is 7.12. The third kappa shape index (κ3) is 5.73. The van der Waals surface area contributed by atoms with Gasteiger partial charge in [-0.25, -0.2) is 0 Å². The van der Waals surface area contributed by atoms with E-state index in [1.807, 2.05) is 13.8 Å². The third-order valence-corrected chi connectivity index (χ3v) is 5.24. The van der Waals surface area contributed by atoms with Crippen molar-refractivity contribution < 1.29 is 9.26 Å². The van der Waals surface area contributed by atoms with Crippen molar-refractivity contribution in [2.24, 2.45) is 10.4 Å². The molecule has 0 aliphatic heterocycles. The molecule has 1 aromatic rings. The van der Waals surface area contributed by atoms with Crippen LogP contribution in [0.5, 0.6) is 0 Å². The lowest BCUT2D eigenvalue weighted by atomic mass is 9.67. The fourth-order valence-corrected chi connectivity index (χ4v) is 3.40. The second-order valence-electron chi connectivity index (χ2n) is 7.12. The molecule has 0 saturated heterocycles. The molecule has 1 aromatic heterocycles. The summed E-state index contributed by atoms with van der Waals surface area (Å²) >= 11 is 0. The minimum Gasteiger partial charge on any atom is -0.385 e. The first kappa shape index (κ1) is 19.8. The minimum atomic E-state index is 0.356. The number of aromatic nitrogens is 1. The summed E-state index contributed by atoms with van der Waals surface area (Å²) in [5.41, 5.74) is 2.59. The number of hydrogen-bond acceptors (Lipinski definition) is 4. The number of guanidine groups is 1. The molecular weight excluding hydrogens is 316 g/mol. The van der Waals surface area contributed by atoms with Gasteiger partial charge in [0, 0.05) is 38.9 Å². The Morgan fingerprint density at radius 3 is 2.68 bits per heavy atom. The van der Waals surface area contributed by atoms with E-state index in [0.29, 0.717) is 5.41 Å². The first-order chi connectivity index (χ1) is 12.1. The van der Waals surface area contributed by atoms with E-state index >= 15 is 0 Å². The zero-order chi connectivity index (χ0) is 18.1. The molecule has 1 saturated carbocycles. The highest BCUT2D eigenvalue weighted by atomic mass is 16.5. The number of nitrogens with zero attached hydrogens (tertiary/aromatic N) is 2. The highest BCUT2D eigenvalue weighted by molar-refractivity contribution is 5.79. The summed E-state index contributed by atoms with van der Waals surface area (Å²) in [6, 6.07) is 0. The molecule has 25 heavy (non-hydrogen) atoms. The summed E-state index contributed by atoms with van der Waals surface area (Å²) in [7, 11) is 1.78. The smallest absolute Gasteiger partial charge is 0.191 e. The molecule has 0 amide bonds. The van der Waals surface area contributed by atoms with E-state index in [2.05, 4.69) is 22.7 Å². The van der Waals surface area contributed by atoms with Crippen LogP contribution in [0.2, 0.25) is 0 Å². The summed E-state index contributed by atoms with van der Waals surface area (Å²) in [6.07, 6.45) is 6.98. The molecule has 0 aromatic carbocycles. The van der Waals surface area contributed by atoms with Crippen LogP contribution < -0.4 is 10.6 Å². The largest absolute Gasteiger partial charge is 0.385 e. The monoisotopic (exact) mass is 350 g/mol. The Hall–Kier alpha value is -1.56. The molecule has 1 heterocycles. The van der Waals surface area contributed by atoms with Crippen LogP contribution in [0.1, 0.15) is 56.0 Å². The number of aliphatic imine (C=N–C) groups is 1. The Morgan fingerprint density at radius 2 is 2.12 bits per heavy atom. The predicted molar refractivity (Wildman–Crippen MR) is 101 cm³/mol. The van der Waals surface area contributed by atoms with Crippen LogP contribution >= 0.6 is 0 Å². The van der Waals surface area contributed by atoms with Crippen molar-refractivity contribution in [2.45, 2.75) is 59.3 Å². The van der Waals surface area contributed by atoms with Gasteiger partial charge in [0.2, 0.25) is 0 Å². The number of nitrogens with one attached hydrogen (secondary N) is 2. The van der Waals surface area contributed by atoms with Gasteiger partial charge in [-0.15, -0.1) is 0 Å². The number of hydrogen-bond donors (Lipinski definition) is 2. The standard InChI is InChI=1S/C19H34N4O2/c1-5-20-18(22-14-19(9-7-10-19)11-13-24-4)21-12-6-8-17-15(2)23-25-16(17)3/h5-14H2,1-4H3,(H2,20,21,22). The molecule has 0 unspecified atom stereocenters. The maximum absolute atomic E-state index is 5.27. The van der Waals surface area contributed by atoms with Crippen molar-refractivity contribution in [2.75, 3.05) is 33.4 Å². The number of rotatable bonds is 10. The van der Waals surface area contributed by atoms with Crippen molar-refractivity contribution in [1.29, 1.82) is 0 Å². The van der Waals surface area contributed by atoms with Gasteiger partial charge in [0.05, 0.1) is 5.69 Å². The van der Waals surface area contributed by atoms with Gasteiger partial charge >= 0.3 is 0 Å².